The third kappa shape index (κ3) is 4.08. The van der Waals surface area contributed by atoms with Crippen LogP contribution in [0.25, 0.3) is 0 Å². The molecule has 0 bridgehead atoms. The molecular formula is C18H27N5O2. The number of hydrogen-bond acceptors (Lipinski definition) is 6. The van der Waals surface area contributed by atoms with E-state index in [4.69, 9.17) is 4.84 Å². The molecule has 3 rings (SSSR count). The van der Waals surface area contributed by atoms with Crippen molar-refractivity contribution in [3.63, 3.8) is 0 Å². The number of oxime groups is 1. The van der Waals surface area contributed by atoms with Crippen molar-refractivity contribution in [3.8, 4) is 0 Å². The van der Waals surface area contributed by atoms with Gasteiger partial charge in [-0.25, -0.2) is 9.97 Å². The van der Waals surface area contributed by atoms with Gasteiger partial charge >= 0.3 is 0 Å². The van der Waals surface area contributed by atoms with E-state index in [1.165, 1.54) is 0 Å². The Morgan fingerprint density at radius 3 is 2.76 bits per heavy atom. The number of amides is 1. The zero-order chi connectivity index (χ0) is 18.0. The van der Waals surface area contributed by atoms with E-state index < -0.39 is 0 Å². The number of fused-ring (bicyclic) bond motifs is 1. The third-order valence-corrected chi connectivity index (χ3v) is 4.82. The largest absolute Gasteiger partial charge is 0.390 e. The fraction of sp³-hybridized carbons (Fsp3) is 0.667. The van der Waals surface area contributed by atoms with Gasteiger partial charge in [0.2, 0.25) is 5.91 Å². The van der Waals surface area contributed by atoms with Crippen LogP contribution in [0.5, 0.6) is 0 Å². The standard InChI is InChI=1S/C18H27N5O2/c1-11(2)17-9-14(25-22-17)10-19-18-15-5-7-23(13(4)24)8-6-16(15)20-12(3)21-18/h11,14H,5-10H2,1-4H3,(H,19,20,21)/t14-/m1/s1. The first-order valence-corrected chi connectivity index (χ1v) is 9.02. The molecule has 0 saturated carbocycles. The van der Waals surface area contributed by atoms with E-state index in [-0.39, 0.29) is 12.0 Å². The lowest BCUT2D eigenvalue weighted by atomic mass is 10.0. The molecule has 1 aromatic heterocycles. The van der Waals surface area contributed by atoms with Crippen molar-refractivity contribution >= 4 is 17.4 Å². The highest BCUT2D eigenvalue weighted by molar-refractivity contribution is 5.87. The number of aryl methyl sites for hydroxylation is 1. The number of aromatic nitrogens is 2. The molecule has 3 heterocycles. The molecule has 0 fully saturated rings. The smallest absolute Gasteiger partial charge is 0.219 e. The lowest BCUT2D eigenvalue weighted by molar-refractivity contribution is -0.128. The van der Waals surface area contributed by atoms with Crippen LogP contribution in [0.1, 0.15) is 44.3 Å². The number of carbonyl (C=O) groups is 1. The summed E-state index contributed by atoms with van der Waals surface area (Å²) in [7, 11) is 0. The second kappa shape index (κ2) is 7.37. The zero-order valence-electron chi connectivity index (χ0n) is 15.5. The average Bonchev–Trinajstić information content (AvgIpc) is 2.92. The van der Waals surface area contributed by atoms with Crippen molar-refractivity contribution in [2.45, 2.75) is 53.1 Å². The molecule has 2 aliphatic heterocycles. The summed E-state index contributed by atoms with van der Waals surface area (Å²) in [6.45, 7) is 9.89. The van der Waals surface area contributed by atoms with Gasteiger partial charge in [-0.3, -0.25) is 4.79 Å². The SMILES string of the molecule is CC(=O)N1CCc2nc(C)nc(NC[C@H]3CC(C(C)C)=NO3)c2CC1. The number of carbonyl (C=O) groups excluding carboxylic acids is 1. The Kier molecular flexibility index (Phi) is 5.20. The minimum atomic E-state index is 0.0443. The Morgan fingerprint density at radius 2 is 2.08 bits per heavy atom. The zero-order valence-corrected chi connectivity index (χ0v) is 15.5. The fourth-order valence-corrected chi connectivity index (χ4v) is 3.29. The maximum absolute atomic E-state index is 11.7. The summed E-state index contributed by atoms with van der Waals surface area (Å²) in [4.78, 5) is 28.3. The number of nitrogens with one attached hydrogen (secondary N) is 1. The second-order valence-corrected chi connectivity index (χ2v) is 7.10. The molecule has 0 radical (unpaired) electrons. The van der Waals surface area contributed by atoms with Gasteiger partial charge in [0, 0.05) is 38.4 Å². The van der Waals surface area contributed by atoms with Crippen molar-refractivity contribution in [2.75, 3.05) is 25.0 Å². The molecular weight excluding hydrogens is 318 g/mol. The van der Waals surface area contributed by atoms with E-state index in [9.17, 15) is 4.79 Å². The normalized spacial score (nSPS) is 20.0. The van der Waals surface area contributed by atoms with Crippen LogP contribution < -0.4 is 5.32 Å². The summed E-state index contributed by atoms with van der Waals surface area (Å²) < 4.78 is 0. The van der Waals surface area contributed by atoms with E-state index >= 15 is 0 Å². The second-order valence-electron chi connectivity index (χ2n) is 7.10. The van der Waals surface area contributed by atoms with Crippen molar-refractivity contribution < 1.29 is 9.63 Å². The summed E-state index contributed by atoms with van der Waals surface area (Å²) in [6, 6.07) is 0. The minimum Gasteiger partial charge on any atom is -0.390 e. The highest BCUT2D eigenvalue weighted by Gasteiger charge is 2.25. The predicted molar refractivity (Wildman–Crippen MR) is 96.7 cm³/mol. The van der Waals surface area contributed by atoms with Crippen molar-refractivity contribution in [3.05, 3.63) is 17.1 Å². The van der Waals surface area contributed by atoms with Crippen LogP contribution in [-0.2, 0) is 22.5 Å². The molecule has 0 aliphatic carbocycles. The van der Waals surface area contributed by atoms with Gasteiger partial charge in [0.05, 0.1) is 18.0 Å². The molecule has 7 nitrogen and oxygen atoms in total. The Bertz CT molecular complexity index is 686. The molecule has 136 valence electrons. The topological polar surface area (TPSA) is 79.7 Å². The van der Waals surface area contributed by atoms with Gasteiger partial charge in [-0.2, -0.15) is 0 Å². The Morgan fingerprint density at radius 1 is 1.32 bits per heavy atom. The molecule has 1 amide bonds. The summed E-state index contributed by atoms with van der Waals surface area (Å²) in [5.74, 6) is 2.16. The predicted octanol–water partition coefficient (Wildman–Crippen LogP) is 1.94. The van der Waals surface area contributed by atoms with Crippen molar-refractivity contribution in [1.82, 2.24) is 14.9 Å². The molecule has 0 unspecified atom stereocenters. The summed E-state index contributed by atoms with van der Waals surface area (Å²) in [5.41, 5.74) is 3.28. The van der Waals surface area contributed by atoms with Gasteiger partial charge in [0.25, 0.3) is 0 Å². The first-order chi connectivity index (χ1) is 11.9. The van der Waals surface area contributed by atoms with Gasteiger partial charge < -0.3 is 15.1 Å². The highest BCUT2D eigenvalue weighted by atomic mass is 16.6. The first-order valence-electron chi connectivity index (χ1n) is 9.02. The monoisotopic (exact) mass is 345 g/mol. The van der Waals surface area contributed by atoms with Crippen LogP contribution in [0.4, 0.5) is 5.82 Å². The third-order valence-electron chi connectivity index (χ3n) is 4.82. The fourth-order valence-electron chi connectivity index (χ4n) is 3.29. The van der Waals surface area contributed by atoms with Crippen LogP contribution in [0.3, 0.4) is 0 Å². The number of rotatable bonds is 4. The van der Waals surface area contributed by atoms with Crippen LogP contribution in [-0.4, -0.2) is 52.2 Å². The number of nitrogens with zero attached hydrogens (tertiary/aromatic N) is 4. The Hall–Kier alpha value is -2.18. The van der Waals surface area contributed by atoms with Crippen LogP contribution in [0, 0.1) is 12.8 Å². The van der Waals surface area contributed by atoms with Gasteiger partial charge in [-0.1, -0.05) is 19.0 Å². The first kappa shape index (κ1) is 17.6. The lowest BCUT2D eigenvalue weighted by Gasteiger charge is -2.17. The molecule has 1 aromatic rings. The van der Waals surface area contributed by atoms with Crippen LogP contribution in [0.2, 0.25) is 0 Å². The number of hydrogen-bond donors (Lipinski definition) is 1. The molecule has 1 N–H and O–H groups in total. The van der Waals surface area contributed by atoms with E-state index in [1.54, 1.807) is 6.92 Å². The van der Waals surface area contributed by atoms with Crippen LogP contribution >= 0.6 is 0 Å². The highest BCUT2D eigenvalue weighted by Crippen LogP contribution is 2.23. The van der Waals surface area contributed by atoms with E-state index in [0.717, 1.165) is 54.4 Å². The Labute approximate surface area is 148 Å². The van der Waals surface area contributed by atoms with E-state index in [1.807, 2.05) is 11.8 Å². The molecule has 0 saturated heterocycles. The van der Waals surface area contributed by atoms with E-state index in [2.05, 4.69) is 34.3 Å². The van der Waals surface area contributed by atoms with Gasteiger partial charge in [-0.05, 0) is 19.3 Å². The molecule has 1 atom stereocenters. The summed E-state index contributed by atoms with van der Waals surface area (Å²) in [6.07, 6.45) is 2.45. The summed E-state index contributed by atoms with van der Waals surface area (Å²) >= 11 is 0. The maximum Gasteiger partial charge on any atom is 0.219 e. The van der Waals surface area contributed by atoms with Crippen LogP contribution in [0.15, 0.2) is 5.16 Å². The Balaban J connectivity index is 1.69. The summed E-state index contributed by atoms with van der Waals surface area (Å²) in [5, 5.41) is 7.61. The quantitative estimate of drug-likeness (QED) is 0.902. The van der Waals surface area contributed by atoms with Gasteiger partial charge in [0.15, 0.2) is 0 Å². The average molecular weight is 345 g/mol. The lowest BCUT2D eigenvalue weighted by Crippen LogP contribution is -2.31. The molecule has 7 heteroatoms. The number of anilines is 1. The molecule has 0 aromatic carbocycles. The van der Waals surface area contributed by atoms with Crippen molar-refractivity contribution in [2.24, 2.45) is 11.1 Å². The minimum absolute atomic E-state index is 0.0443. The maximum atomic E-state index is 11.7. The molecule has 25 heavy (non-hydrogen) atoms. The van der Waals surface area contributed by atoms with Gasteiger partial charge in [0.1, 0.15) is 17.7 Å². The van der Waals surface area contributed by atoms with Crippen molar-refractivity contribution in [1.29, 1.82) is 0 Å². The molecule has 2 aliphatic rings. The molecule has 0 spiro atoms. The van der Waals surface area contributed by atoms with Gasteiger partial charge in [-0.15, -0.1) is 0 Å². The van der Waals surface area contributed by atoms with E-state index in [0.29, 0.717) is 19.0 Å².